The molecule has 8 nitrogen and oxygen atoms in total. The molecule has 8 heteroatoms. The Morgan fingerprint density at radius 2 is 1.71 bits per heavy atom. The predicted molar refractivity (Wildman–Crippen MR) is 132 cm³/mol. The molecule has 1 aliphatic carbocycles. The number of hydrogen-bond acceptors (Lipinski definition) is 6. The van der Waals surface area contributed by atoms with Gasteiger partial charge in [0.15, 0.2) is 0 Å². The topological polar surface area (TPSA) is 99.8 Å². The van der Waals surface area contributed by atoms with E-state index in [1.807, 2.05) is 12.1 Å². The van der Waals surface area contributed by atoms with E-state index in [0.717, 1.165) is 36.1 Å². The van der Waals surface area contributed by atoms with Crippen molar-refractivity contribution in [1.29, 1.82) is 0 Å². The molecule has 35 heavy (non-hydrogen) atoms. The predicted octanol–water partition coefficient (Wildman–Crippen LogP) is 2.51. The van der Waals surface area contributed by atoms with E-state index in [9.17, 15) is 14.4 Å². The Hall–Kier alpha value is -2.45. The van der Waals surface area contributed by atoms with E-state index in [1.54, 1.807) is 11.0 Å². The van der Waals surface area contributed by atoms with Gasteiger partial charge in [0, 0.05) is 37.7 Å². The first kappa shape index (κ1) is 24.3. The summed E-state index contributed by atoms with van der Waals surface area (Å²) < 4.78 is 6.08. The second kappa shape index (κ2) is 11.1. The average molecular weight is 483 g/mol. The molecule has 2 atom stereocenters. The van der Waals surface area contributed by atoms with Crippen LogP contribution >= 0.6 is 0 Å². The van der Waals surface area contributed by atoms with Crippen LogP contribution in [0.5, 0.6) is 5.75 Å². The summed E-state index contributed by atoms with van der Waals surface area (Å²) in [6.07, 6.45) is 11.0. The van der Waals surface area contributed by atoms with Crippen molar-refractivity contribution < 1.29 is 19.1 Å². The molecular weight excluding hydrogens is 444 g/mol. The molecule has 1 aromatic rings. The Morgan fingerprint density at radius 1 is 0.914 bits per heavy atom. The maximum absolute atomic E-state index is 12.6. The van der Waals surface area contributed by atoms with Crippen molar-refractivity contribution in [3.8, 4) is 5.75 Å². The lowest BCUT2D eigenvalue weighted by Gasteiger charge is -2.37. The number of ether oxygens (including phenoxy) is 1. The Kier molecular flexibility index (Phi) is 7.68. The smallest absolute Gasteiger partial charge is 0.255 e. The summed E-state index contributed by atoms with van der Waals surface area (Å²) in [5.41, 5.74) is 1.52. The lowest BCUT2D eigenvalue weighted by molar-refractivity contribution is -0.136. The Labute approximate surface area is 207 Å². The molecule has 0 spiro atoms. The highest BCUT2D eigenvalue weighted by atomic mass is 16.5. The third-order valence-electron chi connectivity index (χ3n) is 8.08. The number of piperidine rings is 2. The summed E-state index contributed by atoms with van der Waals surface area (Å²) in [5.74, 6) is 0.947. The van der Waals surface area contributed by atoms with Gasteiger partial charge in [0.05, 0.1) is 6.10 Å². The van der Waals surface area contributed by atoms with Gasteiger partial charge in [0.1, 0.15) is 11.8 Å². The number of benzene rings is 1. The minimum absolute atomic E-state index is 0.145. The molecule has 5 aliphatic rings. The summed E-state index contributed by atoms with van der Waals surface area (Å²) in [6, 6.07) is 5.84. The van der Waals surface area contributed by atoms with Gasteiger partial charge in [-0.05, 0) is 81.2 Å². The highest BCUT2D eigenvalue weighted by Crippen LogP contribution is 2.31. The van der Waals surface area contributed by atoms with Crippen LogP contribution in [0.1, 0.15) is 80.1 Å². The van der Waals surface area contributed by atoms with E-state index < -0.39 is 6.04 Å². The molecule has 4 heterocycles. The highest BCUT2D eigenvalue weighted by Gasteiger charge is 2.39. The van der Waals surface area contributed by atoms with Crippen molar-refractivity contribution in [3.05, 3.63) is 29.3 Å². The zero-order valence-corrected chi connectivity index (χ0v) is 20.5. The first-order chi connectivity index (χ1) is 17.1. The van der Waals surface area contributed by atoms with E-state index in [-0.39, 0.29) is 30.2 Å². The lowest BCUT2D eigenvalue weighted by atomic mass is 9.88. The summed E-state index contributed by atoms with van der Waals surface area (Å²) in [4.78, 5) is 37.6. The second-order valence-corrected chi connectivity index (χ2v) is 10.6. The van der Waals surface area contributed by atoms with Crippen molar-refractivity contribution >= 4 is 17.7 Å². The van der Waals surface area contributed by atoms with E-state index >= 15 is 0 Å². The van der Waals surface area contributed by atoms with Gasteiger partial charge >= 0.3 is 0 Å². The molecule has 3 N–H and O–H groups in total. The maximum Gasteiger partial charge on any atom is 0.255 e. The molecule has 6 rings (SSSR count). The Morgan fingerprint density at radius 3 is 2.40 bits per heavy atom. The normalized spacial score (nSPS) is 27.4. The van der Waals surface area contributed by atoms with Crippen LogP contribution in [0, 0.1) is 5.92 Å². The van der Waals surface area contributed by atoms with Crippen LogP contribution in [0.15, 0.2) is 18.2 Å². The third-order valence-corrected chi connectivity index (χ3v) is 8.08. The summed E-state index contributed by atoms with van der Waals surface area (Å²) >= 11 is 0. The van der Waals surface area contributed by atoms with Crippen molar-refractivity contribution in [3.63, 3.8) is 0 Å². The number of nitrogens with zero attached hydrogens (tertiary/aromatic N) is 1. The fraction of sp³-hybridized carbons (Fsp3) is 0.667. The van der Waals surface area contributed by atoms with Gasteiger partial charge in [0.2, 0.25) is 11.8 Å². The molecule has 190 valence electrons. The Balaban J connectivity index is 0.000000211. The molecule has 4 fully saturated rings. The molecular formula is C27H38N4O4. The fourth-order valence-corrected chi connectivity index (χ4v) is 5.88. The standard InChI is InChI=1S/C19H22N2O4.C8H16N2/c22-17-9-8-16(18(23)20-17)21-11-12-10-14(6-7-15(12)19(21)24)25-13-4-2-1-3-5-13;1-2-4-10-8(3-1)7-5-9-6-7/h6-7,10,13,16H,1-5,8-9,11H2,(H,20,22,23);7-10H,1-6H2. The summed E-state index contributed by atoms with van der Waals surface area (Å²) in [6.45, 7) is 4.14. The molecule has 2 unspecified atom stereocenters. The first-order valence-electron chi connectivity index (χ1n) is 13.5. The van der Waals surface area contributed by atoms with Gasteiger partial charge < -0.3 is 20.3 Å². The van der Waals surface area contributed by atoms with Gasteiger partial charge in [0.25, 0.3) is 5.91 Å². The number of amides is 3. The summed E-state index contributed by atoms with van der Waals surface area (Å²) in [7, 11) is 0. The number of fused-ring (bicyclic) bond motifs is 1. The number of imide groups is 1. The average Bonchev–Trinajstić information content (AvgIpc) is 3.15. The SMILES string of the molecule is C1CCC(C2CNC2)NC1.O=C1CCC(N2Cc3cc(OC4CCCCC4)ccc3C2=O)C(=O)N1. The number of carbonyl (C=O) groups excluding carboxylic acids is 3. The van der Waals surface area contributed by atoms with Crippen LogP contribution in [-0.4, -0.2) is 60.4 Å². The van der Waals surface area contributed by atoms with Crippen molar-refractivity contribution in [2.45, 2.75) is 88.9 Å². The molecule has 0 radical (unpaired) electrons. The van der Waals surface area contributed by atoms with Gasteiger partial charge in [-0.1, -0.05) is 12.8 Å². The van der Waals surface area contributed by atoms with Crippen molar-refractivity contribution in [2.24, 2.45) is 5.92 Å². The van der Waals surface area contributed by atoms with Gasteiger partial charge in [-0.2, -0.15) is 0 Å². The zero-order chi connectivity index (χ0) is 24.2. The maximum atomic E-state index is 12.6. The van der Waals surface area contributed by atoms with Crippen LogP contribution in [0.3, 0.4) is 0 Å². The number of rotatable bonds is 4. The van der Waals surface area contributed by atoms with E-state index in [4.69, 9.17) is 4.74 Å². The van der Waals surface area contributed by atoms with Gasteiger partial charge in [-0.15, -0.1) is 0 Å². The van der Waals surface area contributed by atoms with E-state index in [1.165, 1.54) is 58.2 Å². The van der Waals surface area contributed by atoms with Crippen LogP contribution in [0.4, 0.5) is 0 Å². The van der Waals surface area contributed by atoms with E-state index in [2.05, 4.69) is 16.0 Å². The van der Waals surface area contributed by atoms with E-state index in [0.29, 0.717) is 18.5 Å². The van der Waals surface area contributed by atoms with Crippen LogP contribution in [0.2, 0.25) is 0 Å². The van der Waals surface area contributed by atoms with Gasteiger partial charge in [-0.25, -0.2) is 0 Å². The van der Waals surface area contributed by atoms with Crippen molar-refractivity contribution in [1.82, 2.24) is 20.9 Å². The molecule has 1 saturated carbocycles. The number of carbonyl (C=O) groups is 3. The molecule has 0 bridgehead atoms. The molecule has 1 aromatic carbocycles. The van der Waals surface area contributed by atoms with Gasteiger partial charge in [-0.3, -0.25) is 19.7 Å². The van der Waals surface area contributed by atoms with Crippen LogP contribution in [0.25, 0.3) is 0 Å². The zero-order valence-electron chi connectivity index (χ0n) is 20.5. The molecule has 4 aliphatic heterocycles. The third kappa shape index (κ3) is 5.70. The minimum Gasteiger partial charge on any atom is -0.490 e. The lowest BCUT2D eigenvalue weighted by Crippen LogP contribution is -2.54. The number of hydrogen-bond donors (Lipinski definition) is 3. The molecule has 3 saturated heterocycles. The quantitative estimate of drug-likeness (QED) is 0.571. The molecule has 0 aromatic heterocycles. The summed E-state index contributed by atoms with van der Waals surface area (Å²) in [5, 5.41) is 9.22. The fourth-order valence-electron chi connectivity index (χ4n) is 5.88. The molecule has 3 amide bonds. The second-order valence-electron chi connectivity index (χ2n) is 10.6. The highest BCUT2D eigenvalue weighted by molar-refractivity contribution is 6.05. The number of nitrogens with one attached hydrogen (secondary N) is 3. The van der Waals surface area contributed by atoms with Crippen LogP contribution in [-0.2, 0) is 16.1 Å². The largest absolute Gasteiger partial charge is 0.490 e. The van der Waals surface area contributed by atoms with Crippen LogP contribution < -0.4 is 20.7 Å². The monoisotopic (exact) mass is 482 g/mol. The minimum atomic E-state index is -0.569. The first-order valence-corrected chi connectivity index (χ1v) is 13.5. The van der Waals surface area contributed by atoms with Crippen molar-refractivity contribution in [2.75, 3.05) is 19.6 Å². The Bertz CT molecular complexity index is 935.